The first-order valence-electron chi connectivity index (χ1n) is 8.97. The Balaban J connectivity index is 1.62. The average Bonchev–Trinajstić information content (AvgIpc) is 3.29. The first-order valence-corrected chi connectivity index (χ1v) is 10.1. The number of hydrogen-bond donors (Lipinski definition) is 0. The van der Waals surface area contributed by atoms with Crippen molar-refractivity contribution in [1.29, 1.82) is 0 Å². The summed E-state index contributed by atoms with van der Waals surface area (Å²) < 4.78 is 18.2. The molecule has 0 saturated heterocycles. The van der Waals surface area contributed by atoms with Gasteiger partial charge in [-0.15, -0.1) is 0 Å². The molecule has 4 rings (SSSR count). The largest absolute Gasteiger partial charge is 0.460 e. The van der Waals surface area contributed by atoms with Crippen LogP contribution in [0.15, 0.2) is 71.6 Å². The Bertz CT molecular complexity index is 857. The maximum Gasteiger partial charge on any atom is 0.326 e. The van der Waals surface area contributed by atoms with Gasteiger partial charge in [-0.1, -0.05) is 60.2 Å². The van der Waals surface area contributed by atoms with Gasteiger partial charge in [0.1, 0.15) is 6.61 Å². The summed E-state index contributed by atoms with van der Waals surface area (Å²) in [5.74, 6) is -0.0336. The third kappa shape index (κ3) is 2.92. The molecule has 0 N–H and O–H groups in total. The monoisotopic (exact) mass is 366 g/mol. The van der Waals surface area contributed by atoms with Gasteiger partial charge < -0.3 is 4.74 Å². The highest BCUT2D eigenvalue weighted by molar-refractivity contribution is 7.87. The summed E-state index contributed by atoms with van der Waals surface area (Å²) in [6.07, 6.45) is 5.70. The fourth-order valence-corrected chi connectivity index (χ4v) is 5.88. The topological polar surface area (TPSA) is 43.4 Å². The van der Waals surface area contributed by atoms with Crippen molar-refractivity contribution in [3.8, 4) is 0 Å². The number of rotatable bonds is 5. The van der Waals surface area contributed by atoms with Gasteiger partial charge in [-0.25, -0.2) is 0 Å². The molecule has 26 heavy (non-hydrogen) atoms. The van der Waals surface area contributed by atoms with Gasteiger partial charge in [0.25, 0.3) is 0 Å². The van der Waals surface area contributed by atoms with Crippen molar-refractivity contribution in [2.75, 3.05) is 0 Å². The predicted octanol–water partition coefficient (Wildman–Crippen LogP) is 4.18. The lowest BCUT2D eigenvalue weighted by Crippen LogP contribution is -2.47. The van der Waals surface area contributed by atoms with Gasteiger partial charge in [0, 0.05) is 10.8 Å². The number of fused-ring (bicyclic) bond motifs is 2. The van der Waals surface area contributed by atoms with Crippen molar-refractivity contribution in [3.63, 3.8) is 0 Å². The van der Waals surface area contributed by atoms with Gasteiger partial charge in [-0.3, -0.25) is 9.00 Å². The summed E-state index contributed by atoms with van der Waals surface area (Å²) in [6, 6.07) is 17.3. The normalized spacial score (nSPS) is 27.4. The number of aryl methyl sites for hydroxylation is 1. The van der Waals surface area contributed by atoms with Gasteiger partial charge in [0.15, 0.2) is 4.75 Å². The lowest BCUT2D eigenvalue weighted by atomic mass is 9.92. The first-order chi connectivity index (χ1) is 12.6. The smallest absolute Gasteiger partial charge is 0.326 e. The Labute approximate surface area is 156 Å². The summed E-state index contributed by atoms with van der Waals surface area (Å²) >= 11 is 0. The minimum absolute atomic E-state index is 0.0158. The van der Waals surface area contributed by atoms with E-state index in [0.29, 0.717) is 17.2 Å². The zero-order valence-electron chi connectivity index (χ0n) is 14.8. The van der Waals surface area contributed by atoms with Crippen molar-refractivity contribution >= 4 is 16.8 Å². The van der Waals surface area contributed by atoms with Crippen molar-refractivity contribution in [3.05, 3.63) is 77.9 Å². The van der Waals surface area contributed by atoms with Crippen LogP contribution in [0.1, 0.15) is 24.0 Å². The number of carbonyl (C=O) groups excluding carboxylic acids is 1. The van der Waals surface area contributed by atoms with E-state index in [-0.39, 0.29) is 18.5 Å². The zero-order valence-corrected chi connectivity index (χ0v) is 15.6. The van der Waals surface area contributed by atoms with E-state index in [1.54, 1.807) is 0 Å². The lowest BCUT2D eigenvalue weighted by molar-refractivity contribution is -0.148. The van der Waals surface area contributed by atoms with Gasteiger partial charge in [-0.2, -0.15) is 0 Å². The van der Waals surface area contributed by atoms with Gasteiger partial charge in [0.2, 0.25) is 0 Å². The Hall–Kier alpha value is -2.20. The molecule has 0 radical (unpaired) electrons. The van der Waals surface area contributed by atoms with E-state index in [1.807, 2.05) is 61.5 Å². The minimum Gasteiger partial charge on any atom is -0.460 e. The highest BCUT2D eigenvalue weighted by atomic mass is 32.2. The molecule has 1 saturated carbocycles. The van der Waals surface area contributed by atoms with Crippen LogP contribution in [0.3, 0.4) is 0 Å². The molecule has 2 aliphatic rings. The second kappa shape index (κ2) is 6.84. The molecular formula is C22H22O3S. The van der Waals surface area contributed by atoms with Crippen LogP contribution >= 0.6 is 0 Å². The molecule has 2 bridgehead atoms. The van der Waals surface area contributed by atoms with Gasteiger partial charge in [0.05, 0.1) is 10.8 Å². The second-order valence-corrected chi connectivity index (χ2v) is 8.96. The number of carbonyl (C=O) groups is 1. The standard InChI is InChI=1S/C22H22O3S/c1-16-7-11-20(12-8-16)26(24)22(14-18-9-10-19(22)13-18)21(23)25-15-17-5-3-2-4-6-17/h2-12,18-19H,13-15H2,1H3/t18-,19+,22-,26?/m1/s1. The summed E-state index contributed by atoms with van der Waals surface area (Å²) in [6.45, 7) is 2.21. The van der Waals surface area contributed by atoms with E-state index in [0.717, 1.165) is 17.5 Å². The number of hydrogen-bond acceptors (Lipinski definition) is 3. The SMILES string of the molecule is Cc1ccc(S(=O)[C@]2(C(=O)OCc3ccccc3)C[C@@H]3C=C[C@H]2C3)cc1. The van der Waals surface area contributed by atoms with Crippen LogP contribution < -0.4 is 0 Å². The van der Waals surface area contributed by atoms with E-state index in [2.05, 4.69) is 12.2 Å². The Morgan fingerprint density at radius 1 is 1.12 bits per heavy atom. The van der Waals surface area contributed by atoms with Crippen molar-refractivity contribution in [2.24, 2.45) is 11.8 Å². The van der Waals surface area contributed by atoms with E-state index >= 15 is 0 Å². The van der Waals surface area contributed by atoms with Crippen LogP contribution in [0.5, 0.6) is 0 Å². The molecule has 0 aromatic heterocycles. The van der Waals surface area contributed by atoms with E-state index in [4.69, 9.17) is 4.74 Å². The van der Waals surface area contributed by atoms with Crippen LogP contribution in [0.2, 0.25) is 0 Å². The van der Waals surface area contributed by atoms with Crippen molar-refractivity contribution in [1.82, 2.24) is 0 Å². The molecule has 0 amide bonds. The number of benzene rings is 2. The third-order valence-corrected chi connectivity index (χ3v) is 7.46. The Morgan fingerprint density at radius 3 is 2.46 bits per heavy atom. The maximum atomic E-state index is 13.5. The Kier molecular flexibility index (Phi) is 4.53. The molecule has 3 nitrogen and oxygen atoms in total. The molecule has 4 atom stereocenters. The summed E-state index contributed by atoms with van der Waals surface area (Å²) in [5.41, 5.74) is 2.05. The molecule has 2 aromatic rings. The molecule has 0 spiro atoms. The highest BCUT2D eigenvalue weighted by Crippen LogP contribution is 2.51. The predicted molar refractivity (Wildman–Crippen MR) is 102 cm³/mol. The Morgan fingerprint density at radius 2 is 1.85 bits per heavy atom. The molecule has 0 aliphatic heterocycles. The van der Waals surface area contributed by atoms with Crippen LogP contribution in [-0.2, 0) is 26.9 Å². The number of allylic oxidation sites excluding steroid dienone is 2. The van der Waals surface area contributed by atoms with Crippen LogP contribution in [-0.4, -0.2) is 14.9 Å². The quantitative estimate of drug-likeness (QED) is 0.589. The summed E-state index contributed by atoms with van der Waals surface area (Å²) in [5, 5.41) is 0. The lowest BCUT2D eigenvalue weighted by Gasteiger charge is -2.32. The zero-order chi connectivity index (χ0) is 18.1. The average molecular weight is 366 g/mol. The van der Waals surface area contributed by atoms with Gasteiger partial charge >= 0.3 is 5.97 Å². The summed E-state index contributed by atoms with van der Waals surface area (Å²) in [4.78, 5) is 13.9. The van der Waals surface area contributed by atoms with Crippen molar-refractivity contribution in [2.45, 2.75) is 36.0 Å². The maximum absolute atomic E-state index is 13.5. The molecule has 1 fully saturated rings. The molecule has 2 aliphatic carbocycles. The molecule has 1 unspecified atom stereocenters. The second-order valence-electron chi connectivity index (χ2n) is 7.22. The van der Waals surface area contributed by atoms with Crippen LogP contribution in [0.25, 0.3) is 0 Å². The highest BCUT2D eigenvalue weighted by Gasteiger charge is 2.59. The fourth-order valence-electron chi connectivity index (χ4n) is 4.05. The fraction of sp³-hybridized carbons (Fsp3) is 0.318. The van der Waals surface area contributed by atoms with Crippen molar-refractivity contribution < 1.29 is 13.7 Å². The molecule has 0 heterocycles. The third-order valence-electron chi connectivity index (χ3n) is 5.46. The van der Waals surface area contributed by atoms with E-state index < -0.39 is 15.5 Å². The summed E-state index contributed by atoms with van der Waals surface area (Å²) in [7, 11) is -1.44. The number of ether oxygens (including phenoxy) is 1. The molecule has 134 valence electrons. The number of esters is 1. The van der Waals surface area contributed by atoms with Crippen LogP contribution in [0, 0.1) is 18.8 Å². The minimum atomic E-state index is -1.44. The van der Waals surface area contributed by atoms with Crippen LogP contribution in [0.4, 0.5) is 0 Å². The van der Waals surface area contributed by atoms with E-state index in [9.17, 15) is 9.00 Å². The molecule has 2 aromatic carbocycles. The first kappa shape index (κ1) is 17.2. The molecular weight excluding hydrogens is 344 g/mol. The van der Waals surface area contributed by atoms with E-state index in [1.165, 1.54) is 0 Å². The molecule has 4 heteroatoms. The van der Waals surface area contributed by atoms with Gasteiger partial charge in [-0.05, 0) is 43.4 Å².